The van der Waals surface area contributed by atoms with Gasteiger partial charge >= 0.3 is 0 Å². The van der Waals surface area contributed by atoms with Gasteiger partial charge in [0.05, 0.1) is 0 Å². The van der Waals surface area contributed by atoms with E-state index in [-0.39, 0.29) is 0 Å². The fourth-order valence-electron chi connectivity index (χ4n) is 1.73. The fraction of sp³-hybridized carbons (Fsp3) is 1.00. The van der Waals surface area contributed by atoms with Crippen LogP contribution in [-0.4, -0.2) is 11.5 Å². The summed E-state index contributed by atoms with van der Waals surface area (Å²) in [5, 5.41) is 0. The van der Waals surface area contributed by atoms with Crippen LogP contribution in [0.2, 0.25) is 0 Å². The molecule has 60 valence electrons. The summed E-state index contributed by atoms with van der Waals surface area (Å²) in [5.41, 5.74) is 0. The standard InChI is InChI=1S/C8H16S2/c9-5-7-2-1-3-8(4-7)6-10/h7-10H,1-6H2/t7-,8+. The quantitative estimate of drug-likeness (QED) is 0.594. The second-order valence-corrected chi connectivity index (χ2v) is 3.99. The van der Waals surface area contributed by atoms with Crippen LogP contribution in [0.1, 0.15) is 25.7 Å². The maximum Gasteiger partial charge on any atom is -0.00694 e. The van der Waals surface area contributed by atoms with E-state index in [1.807, 2.05) is 0 Å². The van der Waals surface area contributed by atoms with Crippen molar-refractivity contribution in [2.24, 2.45) is 11.8 Å². The van der Waals surface area contributed by atoms with Gasteiger partial charge in [-0.2, -0.15) is 25.3 Å². The summed E-state index contributed by atoms with van der Waals surface area (Å²) < 4.78 is 0. The molecular weight excluding hydrogens is 160 g/mol. The molecule has 0 bridgehead atoms. The van der Waals surface area contributed by atoms with E-state index in [0.29, 0.717) is 0 Å². The average Bonchev–Trinajstić information content (AvgIpc) is 2.05. The first-order valence-electron chi connectivity index (χ1n) is 4.08. The van der Waals surface area contributed by atoms with E-state index in [4.69, 9.17) is 0 Å². The third-order valence-corrected chi connectivity index (χ3v) is 3.44. The van der Waals surface area contributed by atoms with Crippen LogP contribution in [0.3, 0.4) is 0 Å². The monoisotopic (exact) mass is 176 g/mol. The van der Waals surface area contributed by atoms with Gasteiger partial charge in [0.15, 0.2) is 0 Å². The van der Waals surface area contributed by atoms with Crippen molar-refractivity contribution in [1.82, 2.24) is 0 Å². The van der Waals surface area contributed by atoms with Gasteiger partial charge in [-0.1, -0.05) is 6.42 Å². The van der Waals surface area contributed by atoms with Crippen LogP contribution in [0.25, 0.3) is 0 Å². The predicted molar refractivity (Wildman–Crippen MR) is 53.2 cm³/mol. The maximum atomic E-state index is 4.32. The zero-order chi connectivity index (χ0) is 7.40. The molecule has 0 aromatic heterocycles. The molecule has 0 aromatic rings. The summed E-state index contributed by atoms with van der Waals surface area (Å²) in [5.74, 6) is 3.91. The lowest BCUT2D eigenvalue weighted by Gasteiger charge is -2.26. The predicted octanol–water partition coefficient (Wildman–Crippen LogP) is 2.65. The first-order chi connectivity index (χ1) is 4.86. The highest BCUT2D eigenvalue weighted by Gasteiger charge is 2.19. The van der Waals surface area contributed by atoms with E-state index in [1.165, 1.54) is 25.7 Å². The lowest BCUT2D eigenvalue weighted by atomic mass is 9.83. The minimum absolute atomic E-state index is 0.884. The first kappa shape index (κ1) is 8.79. The van der Waals surface area contributed by atoms with E-state index in [9.17, 15) is 0 Å². The van der Waals surface area contributed by atoms with Gasteiger partial charge in [0.25, 0.3) is 0 Å². The molecule has 2 heteroatoms. The second-order valence-electron chi connectivity index (χ2n) is 3.26. The van der Waals surface area contributed by atoms with E-state index in [0.717, 1.165) is 23.3 Å². The van der Waals surface area contributed by atoms with E-state index >= 15 is 0 Å². The Hall–Kier alpha value is 0.700. The smallest absolute Gasteiger partial charge is 0.00694 e. The molecule has 0 radical (unpaired) electrons. The molecule has 1 rings (SSSR count). The highest BCUT2D eigenvalue weighted by atomic mass is 32.1. The minimum Gasteiger partial charge on any atom is -0.179 e. The molecule has 0 amide bonds. The van der Waals surface area contributed by atoms with Crippen LogP contribution in [0.5, 0.6) is 0 Å². The molecular formula is C8H16S2. The summed E-state index contributed by atoms with van der Waals surface area (Å²) in [6, 6.07) is 0. The molecule has 0 nitrogen and oxygen atoms in total. The zero-order valence-electron chi connectivity index (χ0n) is 6.29. The van der Waals surface area contributed by atoms with Crippen LogP contribution in [0.15, 0.2) is 0 Å². The Morgan fingerprint density at radius 3 is 1.90 bits per heavy atom. The molecule has 1 aliphatic carbocycles. The first-order valence-corrected chi connectivity index (χ1v) is 5.35. The van der Waals surface area contributed by atoms with Crippen molar-refractivity contribution >= 4 is 25.3 Å². The number of rotatable bonds is 2. The van der Waals surface area contributed by atoms with Gasteiger partial charge in [-0.15, -0.1) is 0 Å². The van der Waals surface area contributed by atoms with Crippen LogP contribution in [-0.2, 0) is 0 Å². The third-order valence-electron chi connectivity index (χ3n) is 2.41. The van der Waals surface area contributed by atoms with Gasteiger partial charge < -0.3 is 0 Å². The van der Waals surface area contributed by atoms with E-state index < -0.39 is 0 Å². The lowest BCUT2D eigenvalue weighted by molar-refractivity contribution is 0.310. The van der Waals surface area contributed by atoms with Crippen molar-refractivity contribution in [1.29, 1.82) is 0 Å². The topological polar surface area (TPSA) is 0 Å². The van der Waals surface area contributed by atoms with Gasteiger partial charge in [0.2, 0.25) is 0 Å². The maximum absolute atomic E-state index is 4.32. The van der Waals surface area contributed by atoms with E-state index in [2.05, 4.69) is 25.3 Å². The largest absolute Gasteiger partial charge is 0.179 e. The van der Waals surface area contributed by atoms with Crippen LogP contribution < -0.4 is 0 Å². The van der Waals surface area contributed by atoms with Gasteiger partial charge in [0.1, 0.15) is 0 Å². The third kappa shape index (κ3) is 2.39. The van der Waals surface area contributed by atoms with Gasteiger partial charge in [-0.05, 0) is 42.6 Å². The SMILES string of the molecule is SC[C@@H]1CCC[C@H](CS)C1. The summed E-state index contributed by atoms with van der Waals surface area (Å²) in [4.78, 5) is 0. The highest BCUT2D eigenvalue weighted by Crippen LogP contribution is 2.29. The molecule has 0 heterocycles. The van der Waals surface area contributed by atoms with Crippen molar-refractivity contribution in [3.8, 4) is 0 Å². The van der Waals surface area contributed by atoms with Gasteiger partial charge in [-0.3, -0.25) is 0 Å². The molecule has 2 atom stereocenters. The Kier molecular flexibility index (Phi) is 4.00. The van der Waals surface area contributed by atoms with Crippen LogP contribution in [0, 0.1) is 11.8 Å². The van der Waals surface area contributed by atoms with E-state index in [1.54, 1.807) is 0 Å². The average molecular weight is 176 g/mol. The number of thiol groups is 2. The van der Waals surface area contributed by atoms with Crippen molar-refractivity contribution in [3.63, 3.8) is 0 Å². The summed E-state index contributed by atoms with van der Waals surface area (Å²) in [7, 11) is 0. The minimum atomic E-state index is 0.884. The molecule has 10 heavy (non-hydrogen) atoms. The fourth-order valence-corrected chi connectivity index (χ4v) is 2.40. The molecule has 0 N–H and O–H groups in total. The Bertz CT molecular complexity index is 83.3. The van der Waals surface area contributed by atoms with Crippen molar-refractivity contribution < 1.29 is 0 Å². The Morgan fingerprint density at radius 1 is 1.00 bits per heavy atom. The Morgan fingerprint density at radius 2 is 1.50 bits per heavy atom. The Labute approximate surface area is 74.6 Å². The van der Waals surface area contributed by atoms with Crippen LogP contribution >= 0.6 is 25.3 Å². The molecule has 0 unspecified atom stereocenters. The lowest BCUT2D eigenvalue weighted by Crippen LogP contribution is -2.17. The van der Waals surface area contributed by atoms with Gasteiger partial charge in [0, 0.05) is 0 Å². The van der Waals surface area contributed by atoms with Crippen molar-refractivity contribution in [2.45, 2.75) is 25.7 Å². The summed E-state index contributed by atoms with van der Waals surface area (Å²) >= 11 is 8.64. The van der Waals surface area contributed by atoms with Crippen LogP contribution in [0.4, 0.5) is 0 Å². The molecule has 0 aromatic carbocycles. The molecule has 1 fully saturated rings. The zero-order valence-corrected chi connectivity index (χ0v) is 8.08. The number of hydrogen-bond donors (Lipinski definition) is 2. The normalized spacial score (nSPS) is 34.2. The molecule has 1 saturated carbocycles. The van der Waals surface area contributed by atoms with Gasteiger partial charge in [-0.25, -0.2) is 0 Å². The summed E-state index contributed by atoms with van der Waals surface area (Å²) in [6.07, 6.45) is 5.56. The summed E-state index contributed by atoms with van der Waals surface area (Å²) in [6.45, 7) is 0. The highest BCUT2D eigenvalue weighted by molar-refractivity contribution is 7.80. The molecule has 1 aliphatic rings. The number of hydrogen-bond acceptors (Lipinski definition) is 2. The molecule has 0 aliphatic heterocycles. The van der Waals surface area contributed by atoms with Crippen molar-refractivity contribution in [2.75, 3.05) is 11.5 Å². The Balaban J connectivity index is 2.25. The molecule has 0 spiro atoms. The second kappa shape index (κ2) is 4.55. The van der Waals surface area contributed by atoms with Crippen molar-refractivity contribution in [3.05, 3.63) is 0 Å². The molecule has 0 saturated heterocycles.